The van der Waals surface area contributed by atoms with Gasteiger partial charge in [-0.15, -0.1) is 0 Å². The van der Waals surface area contributed by atoms with E-state index in [2.05, 4.69) is 20.3 Å². The lowest BCUT2D eigenvalue weighted by Gasteiger charge is -2.25. The molecule has 0 radical (unpaired) electrons. The molecule has 3 aromatic rings. The number of aromatic nitrogens is 4. The summed E-state index contributed by atoms with van der Waals surface area (Å²) in [5.74, 6) is -1.26. The minimum absolute atomic E-state index is 0.0611. The number of halogens is 1. The number of cyclic esters (lactones) is 1. The summed E-state index contributed by atoms with van der Waals surface area (Å²) in [5.41, 5.74) is 7.74. The van der Waals surface area contributed by atoms with E-state index in [0.717, 1.165) is 0 Å². The molecule has 2 aromatic heterocycles. The lowest BCUT2D eigenvalue weighted by atomic mass is 10.1. The van der Waals surface area contributed by atoms with Crippen LogP contribution in [0.1, 0.15) is 25.6 Å². The molecule has 0 saturated carbocycles. The van der Waals surface area contributed by atoms with E-state index >= 15 is 0 Å². The van der Waals surface area contributed by atoms with Crippen molar-refractivity contribution in [3.05, 3.63) is 53.3 Å². The molecule has 0 aliphatic carbocycles. The maximum atomic E-state index is 12.7. The van der Waals surface area contributed by atoms with Crippen LogP contribution in [0.4, 0.5) is 5.82 Å². The van der Waals surface area contributed by atoms with Gasteiger partial charge >= 0.3 is 5.97 Å². The van der Waals surface area contributed by atoms with Crippen molar-refractivity contribution in [3.8, 4) is 0 Å². The fraction of sp³-hybridized carbons (Fsp3) is 0.400. The molecule has 3 aliphatic rings. The fourth-order valence-corrected chi connectivity index (χ4v) is 5.05. The second-order valence-corrected chi connectivity index (χ2v) is 10.1. The summed E-state index contributed by atoms with van der Waals surface area (Å²) >= 11 is 5.94. The molecule has 2 fully saturated rings. The number of imidazole rings is 1. The predicted molar refractivity (Wildman–Crippen MR) is 136 cm³/mol. The SMILES string of the molecule is CC1(C)O[C@@H]2[C@H](O1)[C@@H](CNC(=O)COC1=C(c3ccc(Cl)cc3)C(=O)OC1)O[C@H]2n1cnc2c(N)ncnc21. The van der Waals surface area contributed by atoms with E-state index in [1.165, 1.54) is 6.33 Å². The lowest BCUT2D eigenvalue weighted by molar-refractivity contribution is -0.195. The van der Waals surface area contributed by atoms with Crippen LogP contribution >= 0.6 is 11.6 Å². The number of nitrogens with two attached hydrogens (primary N) is 1. The summed E-state index contributed by atoms with van der Waals surface area (Å²) in [7, 11) is 0. The molecule has 2 saturated heterocycles. The third-order valence-electron chi connectivity index (χ3n) is 6.61. The average molecular weight is 557 g/mol. The molecular formula is C25H25ClN6O7. The predicted octanol–water partition coefficient (Wildman–Crippen LogP) is 1.58. The Balaban J connectivity index is 1.13. The van der Waals surface area contributed by atoms with Crippen molar-refractivity contribution < 1.29 is 33.3 Å². The number of ether oxygens (including phenoxy) is 5. The largest absolute Gasteiger partial charge is 0.484 e. The zero-order valence-corrected chi connectivity index (χ0v) is 21.8. The quantitative estimate of drug-likeness (QED) is 0.406. The molecule has 6 rings (SSSR count). The fourth-order valence-electron chi connectivity index (χ4n) is 4.92. The second-order valence-electron chi connectivity index (χ2n) is 9.69. The Bertz CT molecular complexity index is 1470. The van der Waals surface area contributed by atoms with Gasteiger partial charge in [-0.2, -0.15) is 0 Å². The van der Waals surface area contributed by atoms with Crippen molar-refractivity contribution in [2.75, 3.05) is 25.5 Å². The number of nitrogens with one attached hydrogen (secondary N) is 1. The number of nitrogen functional groups attached to an aromatic ring is 1. The van der Waals surface area contributed by atoms with Crippen LogP contribution in [0, 0.1) is 0 Å². The van der Waals surface area contributed by atoms with Crippen LogP contribution in [0.5, 0.6) is 0 Å². The Morgan fingerprint density at radius 3 is 2.77 bits per heavy atom. The normalized spacial score (nSPS) is 25.7. The molecular weight excluding hydrogens is 532 g/mol. The molecule has 14 heteroatoms. The van der Waals surface area contributed by atoms with Gasteiger partial charge < -0.3 is 34.7 Å². The highest BCUT2D eigenvalue weighted by Crippen LogP contribution is 2.43. The molecule has 0 spiro atoms. The summed E-state index contributed by atoms with van der Waals surface area (Å²) in [6.45, 7) is 3.37. The van der Waals surface area contributed by atoms with Crippen LogP contribution in [0.25, 0.3) is 16.7 Å². The lowest BCUT2D eigenvalue weighted by Crippen LogP contribution is -2.41. The Kier molecular flexibility index (Phi) is 6.38. The second kappa shape index (κ2) is 9.75. The number of carbonyl (C=O) groups excluding carboxylic acids is 2. The summed E-state index contributed by atoms with van der Waals surface area (Å²) in [5, 5.41) is 3.35. The highest BCUT2D eigenvalue weighted by atomic mass is 35.5. The Morgan fingerprint density at radius 2 is 1.97 bits per heavy atom. The van der Waals surface area contributed by atoms with Crippen molar-refractivity contribution in [1.29, 1.82) is 0 Å². The van der Waals surface area contributed by atoms with Crippen molar-refractivity contribution in [1.82, 2.24) is 24.8 Å². The first-order chi connectivity index (χ1) is 18.7. The first kappa shape index (κ1) is 25.5. The van der Waals surface area contributed by atoms with Crippen molar-refractivity contribution in [2.24, 2.45) is 0 Å². The number of hydrogen-bond donors (Lipinski definition) is 2. The van der Waals surface area contributed by atoms with Crippen molar-refractivity contribution >= 4 is 46.0 Å². The third kappa shape index (κ3) is 4.78. The van der Waals surface area contributed by atoms with Crippen LogP contribution in [0.3, 0.4) is 0 Å². The number of hydrogen-bond acceptors (Lipinski definition) is 11. The number of nitrogens with zero attached hydrogens (tertiary/aromatic N) is 4. The number of benzene rings is 1. The minimum atomic E-state index is -0.854. The molecule has 3 aliphatic heterocycles. The Labute approximate surface area is 227 Å². The van der Waals surface area contributed by atoms with Gasteiger partial charge in [0.15, 0.2) is 30.1 Å². The van der Waals surface area contributed by atoms with Gasteiger partial charge in [-0.3, -0.25) is 9.36 Å². The average Bonchev–Trinajstić information content (AvgIpc) is 3.64. The molecule has 1 aromatic carbocycles. The van der Waals surface area contributed by atoms with E-state index in [0.29, 0.717) is 21.7 Å². The number of rotatable bonds is 7. The van der Waals surface area contributed by atoms with Crippen LogP contribution in [-0.2, 0) is 33.3 Å². The maximum Gasteiger partial charge on any atom is 0.342 e. The van der Waals surface area contributed by atoms with Gasteiger partial charge in [-0.25, -0.2) is 19.7 Å². The van der Waals surface area contributed by atoms with E-state index in [1.807, 2.05) is 13.8 Å². The van der Waals surface area contributed by atoms with Gasteiger partial charge in [0.05, 0.1) is 6.33 Å². The van der Waals surface area contributed by atoms with E-state index in [-0.39, 0.29) is 36.9 Å². The number of amides is 1. The minimum Gasteiger partial charge on any atom is -0.484 e. The first-order valence-corrected chi connectivity index (χ1v) is 12.6. The van der Waals surface area contributed by atoms with Crippen LogP contribution in [-0.4, -0.2) is 75.3 Å². The summed E-state index contributed by atoms with van der Waals surface area (Å²) < 4.78 is 31.0. The number of fused-ring (bicyclic) bond motifs is 2. The van der Waals surface area contributed by atoms with E-state index < -0.39 is 42.2 Å². The van der Waals surface area contributed by atoms with Crippen LogP contribution in [0.2, 0.25) is 5.02 Å². The Hall–Kier alpha value is -3.78. The van der Waals surface area contributed by atoms with E-state index in [4.69, 9.17) is 41.0 Å². The molecule has 5 heterocycles. The standard InChI is InChI=1S/C25H25ClN6O7/c1-25(2)38-19-14(37-23(20(19)39-25)32-11-31-18-21(27)29-10-30-22(18)32)7-28-16(33)9-35-15-8-36-24(34)17(15)12-3-5-13(26)6-4-12/h3-6,10-11,14,19-20,23H,7-9H2,1-2H3,(H,28,33)(H2,27,29,30)/t14-,19-,20-,23-/m1/s1. The monoisotopic (exact) mass is 556 g/mol. The van der Waals surface area contributed by atoms with Gasteiger partial charge in [0, 0.05) is 11.6 Å². The van der Waals surface area contributed by atoms with Crippen molar-refractivity contribution in [3.63, 3.8) is 0 Å². The molecule has 1 amide bonds. The number of anilines is 1. The molecule has 13 nitrogen and oxygen atoms in total. The van der Waals surface area contributed by atoms with Crippen LogP contribution < -0.4 is 11.1 Å². The molecule has 39 heavy (non-hydrogen) atoms. The van der Waals surface area contributed by atoms with Gasteiger partial charge in [0.2, 0.25) is 0 Å². The van der Waals surface area contributed by atoms with Gasteiger partial charge in [0.1, 0.15) is 48.1 Å². The van der Waals surface area contributed by atoms with Crippen molar-refractivity contribution in [2.45, 2.75) is 44.2 Å². The van der Waals surface area contributed by atoms with Gasteiger partial charge in [-0.1, -0.05) is 23.7 Å². The molecule has 204 valence electrons. The molecule has 0 unspecified atom stereocenters. The zero-order valence-electron chi connectivity index (χ0n) is 21.0. The van der Waals surface area contributed by atoms with E-state index in [9.17, 15) is 9.59 Å². The summed E-state index contributed by atoms with van der Waals surface area (Å²) in [6.07, 6.45) is 0.804. The van der Waals surface area contributed by atoms with Gasteiger partial charge in [-0.05, 0) is 31.5 Å². The maximum absolute atomic E-state index is 12.7. The Morgan fingerprint density at radius 1 is 1.21 bits per heavy atom. The zero-order chi connectivity index (χ0) is 27.3. The van der Waals surface area contributed by atoms with Gasteiger partial charge in [0.25, 0.3) is 5.91 Å². The summed E-state index contributed by atoms with van der Waals surface area (Å²) in [6, 6.07) is 6.69. The number of carbonyl (C=O) groups is 2. The van der Waals surface area contributed by atoms with E-state index in [1.54, 1.807) is 35.2 Å². The highest BCUT2D eigenvalue weighted by Gasteiger charge is 2.56. The smallest absolute Gasteiger partial charge is 0.342 e. The molecule has 4 atom stereocenters. The van der Waals surface area contributed by atoms with Crippen LogP contribution in [0.15, 0.2) is 42.7 Å². The number of esters is 1. The summed E-state index contributed by atoms with van der Waals surface area (Å²) in [4.78, 5) is 37.5. The molecule has 3 N–H and O–H groups in total. The first-order valence-electron chi connectivity index (χ1n) is 12.2. The highest BCUT2D eigenvalue weighted by molar-refractivity contribution is 6.30. The molecule has 0 bridgehead atoms. The topological polar surface area (TPSA) is 162 Å². The third-order valence-corrected chi connectivity index (χ3v) is 6.87.